The predicted molar refractivity (Wildman–Crippen MR) is 115 cm³/mol. The van der Waals surface area contributed by atoms with Gasteiger partial charge in [-0.15, -0.1) is 0 Å². The van der Waals surface area contributed by atoms with Crippen molar-refractivity contribution in [3.8, 4) is 11.4 Å². The van der Waals surface area contributed by atoms with Gasteiger partial charge in [0.15, 0.2) is 5.65 Å². The number of rotatable bonds is 7. The molecule has 0 bridgehead atoms. The molecule has 0 aliphatic heterocycles. The van der Waals surface area contributed by atoms with Crippen LogP contribution in [0.2, 0.25) is 0 Å². The van der Waals surface area contributed by atoms with E-state index in [0.29, 0.717) is 6.54 Å². The first-order chi connectivity index (χ1) is 14.2. The fourth-order valence-corrected chi connectivity index (χ4v) is 3.38. The summed E-state index contributed by atoms with van der Waals surface area (Å²) in [5, 5.41) is 8.89. The molecule has 0 unspecified atom stereocenters. The Labute approximate surface area is 170 Å². The maximum absolute atomic E-state index is 5.38. The van der Waals surface area contributed by atoms with Crippen LogP contribution in [0.4, 0.5) is 5.82 Å². The number of hydrogen-bond acceptors (Lipinski definition) is 6. The highest BCUT2D eigenvalue weighted by atomic mass is 16.5. The maximum Gasteiger partial charge on any atom is 0.168 e. The molecule has 0 saturated carbocycles. The minimum atomic E-state index is 0.152. The number of nitrogens with one attached hydrogen (secondary N) is 1. The van der Waals surface area contributed by atoms with Gasteiger partial charge in [-0.1, -0.05) is 30.3 Å². The van der Waals surface area contributed by atoms with Gasteiger partial charge >= 0.3 is 0 Å². The molecule has 4 aromatic rings. The Balaban J connectivity index is 1.61. The lowest BCUT2D eigenvalue weighted by molar-refractivity contribution is 0.310. The molecular weight excluding hydrogens is 364 g/mol. The molecule has 1 atom stereocenters. The normalized spacial score (nSPS) is 12.3. The van der Waals surface area contributed by atoms with Gasteiger partial charge in [-0.05, 0) is 43.9 Å². The molecule has 4 rings (SSSR count). The Hall–Kier alpha value is -3.45. The van der Waals surface area contributed by atoms with E-state index in [-0.39, 0.29) is 6.04 Å². The molecule has 2 aromatic heterocycles. The number of benzene rings is 2. The Morgan fingerprint density at radius 1 is 1.07 bits per heavy atom. The summed E-state index contributed by atoms with van der Waals surface area (Å²) in [6, 6.07) is 18.3. The van der Waals surface area contributed by atoms with Crippen LogP contribution in [0, 0.1) is 0 Å². The van der Waals surface area contributed by atoms with E-state index in [1.807, 2.05) is 47.1 Å². The van der Waals surface area contributed by atoms with Crippen molar-refractivity contribution in [2.75, 3.05) is 33.1 Å². The molecule has 0 aliphatic carbocycles. The average Bonchev–Trinajstić information content (AvgIpc) is 3.19. The third-order valence-corrected chi connectivity index (χ3v) is 4.93. The molecule has 1 N–H and O–H groups in total. The van der Waals surface area contributed by atoms with E-state index >= 15 is 0 Å². The summed E-state index contributed by atoms with van der Waals surface area (Å²) in [4.78, 5) is 11.1. The van der Waals surface area contributed by atoms with E-state index < -0.39 is 0 Å². The lowest BCUT2D eigenvalue weighted by Crippen LogP contribution is -2.27. The molecule has 148 valence electrons. The molecule has 0 fully saturated rings. The van der Waals surface area contributed by atoms with Crippen LogP contribution >= 0.6 is 0 Å². The number of aromatic nitrogens is 4. The van der Waals surface area contributed by atoms with E-state index in [1.54, 1.807) is 19.6 Å². The summed E-state index contributed by atoms with van der Waals surface area (Å²) in [6.07, 6.45) is 3.38. The average molecular weight is 388 g/mol. The third kappa shape index (κ3) is 3.90. The lowest BCUT2D eigenvalue weighted by Gasteiger charge is -2.25. The summed E-state index contributed by atoms with van der Waals surface area (Å²) in [6.45, 7) is 0.683. The van der Waals surface area contributed by atoms with Crippen molar-refractivity contribution >= 4 is 16.9 Å². The van der Waals surface area contributed by atoms with Crippen molar-refractivity contribution < 1.29 is 4.74 Å². The lowest BCUT2D eigenvalue weighted by atomic mass is 10.1. The van der Waals surface area contributed by atoms with Crippen molar-refractivity contribution in [2.24, 2.45) is 0 Å². The maximum atomic E-state index is 5.38. The van der Waals surface area contributed by atoms with Crippen LogP contribution in [0.5, 0.6) is 5.75 Å². The first-order valence-corrected chi connectivity index (χ1v) is 9.46. The van der Waals surface area contributed by atoms with Gasteiger partial charge in [0, 0.05) is 6.54 Å². The first-order valence-electron chi connectivity index (χ1n) is 9.46. The standard InChI is InChI=1S/C22H24N6O/c1-27(2)20(16-8-7-11-18(12-16)29-3)14-23-21-19-13-26-28(22(19)25-15-24-21)17-9-5-4-6-10-17/h4-13,15,20H,14H2,1-3H3,(H,23,24,25)/t20-/m0/s1. The molecule has 0 amide bonds. The zero-order chi connectivity index (χ0) is 20.2. The molecule has 7 nitrogen and oxygen atoms in total. The van der Waals surface area contributed by atoms with Crippen molar-refractivity contribution in [1.29, 1.82) is 0 Å². The number of anilines is 1. The number of likely N-dealkylation sites (N-methyl/N-ethyl adjacent to an activating group) is 1. The van der Waals surface area contributed by atoms with E-state index in [2.05, 4.69) is 51.5 Å². The van der Waals surface area contributed by atoms with Gasteiger partial charge < -0.3 is 15.0 Å². The topological polar surface area (TPSA) is 68.1 Å². The number of nitrogens with zero attached hydrogens (tertiary/aromatic N) is 5. The Bertz CT molecular complexity index is 1090. The fourth-order valence-electron chi connectivity index (χ4n) is 3.38. The Kier molecular flexibility index (Phi) is 5.39. The molecule has 29 heavy (non-hydrogen) atoms. The quantitative estimate of drug-likeness (QED) is 0.522. The van der Waals surface area contributed by atoms with Crippen LogP contribution < -0.4 is 10.1 Å². The van der Waals surface area contributed by atoms with Gasteiger partial charge in [0.1, 0.15) is 17.9 Å². The molecule has 2 heterocycles. The van der Waals surface area contributed by atoms with Crippen molar-refractivity contribution in [3.05, 3.63) is 72.7 Å². The van der Waals surface area contributed by atoms with Crippen LogP contribution in [-0.4, -0.2) is 52.4 Å². The highest BCUT2D eigenvalue weighted by Crippen LogP contribution is 2.25. The zero-order valence-corrected chi connectivity index (χ0v) is 16.8. The van der Waals surface area contributed by atoms with E-state index in [0.717, 1.165) is 28.3 Å². The van der Waals surface area contributed by atoms with E-state index in [1.165, 1.54) is 5.56 Å². The zero-order valence-electron chi connectivity index (χ0n) is 16.8. The summed E-state index contributed by atoms with van der Waals surface area (Å²) in [7, 11) is 5.81. The molecule has 0 spiro atoms. The number of methoxy groups -OCH3 is 1. The second-order valence-electron chi connectivity index (χ2n) is 6.99. The van der Waals surface area contributed by atoms with Crippen molar-refractivity contribution in [3.63, 3.8) is 0 Å². The second-order valence-corrected chi connectivity index (χ2v) is 6.99. The largest absolute Gasteiger partial charge is 0.497 e. The summed E-state index contributed by atoms with van der Waals surface area (Å²) in [5.41, 5.74) is 2.92. The van der Waals surface area contributed by atoms with Crippen LogP contribution in [0.3, 0.4) is 0 Å². The Morgan fingerprint density at radius 3 is 2.66 bits per heavy atom. The molecule has 2 aromatic carbocycles. The monoisotopic (exact) mass is 388 g/mol. The smallest absolute Gasteiger partial charge is 0.168 e. The van der Waals surface area contributed by atoms with Gasteiger partial charge in [-0.3, -0.25) is 0 Å². The van der Waals surface area contributed by atoms with Gasteiger partial charge in [0.2, 0.25) is 0 Å². The molecule has 0 radical (unpaired) electrons. The van der Waals surface area contributed by atoms with Gasteiger partial charge in [0.25, 0.3) is 0 Å². The third-order valence-electron chi connectivity index (χ3n) is 4.93. The first kappa shape index (κ1) is 18.9. The SMILES string of the molecule is COc1cccc([C@H](CNc2ncnc3c2cnn3-c2ccccc2)N(C)C)c1. The second kappa shape index (κ2) is 8.28. The minimum Gasteiger partial charge on any atom is -0.497 e. The number of para-hydroxylation sites is 1. The minimum absolute atomic E-state index is 0.152. The van der Waals surface area contributed by atoms with E-state index in [4.69, 9.17) is 4.74 Å². The van der Waals surface area contributed by atoms with E-state index in [9.17, 15) is 0 Å². The Morgan fingerprint density at radius 2 is 1.90 bits per heavy atom. The molecule has 0 saturated heterocycles. The number of hydrogen-bond donors (Lipinski definition) is 1. The van der Waals surface area contributed by atoms with Gasteiger partial charge in [-0.25, -0.2) is 14.6 Å². The van der Waals surface area contributed by atoms with Gasteiger partial charge in [-0.2, -0.15) is 5.10 Å². The predicted octanol–water partition coefficient (Wildman–Crippen LogP) is 3.54. The van der Waals surface area contributed by atoms with Crippen molar-refractivity contribution in [2.45, 2.75) is 6.04 Å². The summed E-state index contributed by atoms with van der Waals surface area (Å²) >= 11 is 0. The molecular formula is C22H24N6O. The highest BCUT2D eigenvalue weighted by Gasteiger charge is 2.17. The van der Waals surface area contributed by atoms with Crippen molar-refractivity contribution in [1.82, 2.24) is 24.6 Å². The summed E-state index contributed by atoms with van der Waals surface area (Å²) in [5.74, 6) is 1.62. The van der Waals surface area contributed by atoms with Gasteiger partial charge in [0.05, 0.1) is 30.4 Å². The van der Waals surface area contributed by atoms with Crippen LogP contribution in [0.1, 0.15) is 11.6 Å². The van der Waals surface area contributed by atoms with Crippen LogP contribution in [0.25, 0.3) is 16.7 Å². The summed E-state index contributed by atoms with van der Waals surface area (Å²) < 4.78 is 7.21. The number of ether oxygens (including phenoxy) is 1. The highest BCUT2D eigenvalue weighted by molar-refractivity contribution is 5.87. The molecule has 0 aliphatic rings. The molecule has 7 heteroatoms. The van der Waals surface area contributed by atoms with Crippen LogP contribution in [0.15, 0.2) is 67.1 Å². The fraction of sp³-hybridized carbons (Fsp3) is 0.227. The number of fused-ring (bicyclic) bond motifs is 1. The van der Waals surface area contributed by atoms with Crippen LogP contribution in [-0.2, 0) is 0 Å².